The Morgan fingerprint density at radius 3 is 2.44 bits per heavy atom. The fraction of sp³-hybridized carbons (Fsp3) is 0.391. The van der Waals surface area contributed by atoms with Crippen LogP contribution in [0.1, 0.15) is 63.6 Å². The third-order valence-corrected chi connectivity index (χ3v) is 4.67. The molecule has 0 aliphatic heterocycles. The standard InChI is InChI=1S/C23H30N2O2/c1-4-5-7-15-23(27)25(17-20-11-8-6-9-12-20)18(2)21-13-10-14-22(16-21)24-19(3)26/h6,8-14,16,18H,4-5,7,15,17H2,1-3H3,(H,24,26). The van der Waals surface area contributed by atoms with E-state index < -0.39 is 0 Å². The number of hydrogen-bond acceptors (Lipinski definition) is 2. The highest BCUT2D eigenvalue weighted by Gasteiger charge is 2.21. The Balaban J connectivity index is 2.22. The Morgan fingerprint density at radius 1 is 1.04 bits per heavy atom. The quantitative estimate of drug-likeness (QED) is 0.611. The first kappa shape index (κ1) is 20.7. The molecule has 2 aromatic rings. The highest BCUT2D eigenvalue weighted by Crippen LogP contribution is 2.26. The van der Waals surface area contributed by atoms with Crippen LogP contribution in [0.2, 0.25) is 0 Å². The van der Waals surface area contributed by atoms with Crippen molar-refractivity contribution in [3.63, 3.8) is 0 Å². The lowest BCUT2D eigenvalue weighted by Gasteiger charge is -2.30. The predicted molar refractivity (Wildman–Crippen MR) is 110 cm³/mol. The number of carbonyl (C=O) groups is 2. The molecule has 2 aromatic carbocycles. The monoisotopic (exact) mass is 366 g/mol. The van der Waals surface area contributed by atoms with Crippen LogP contribution in [0.3, 0.4) is 0 Å². The summed E-state index contributed by atoms with van der Waals surface area (Å²) in [6.45, 7) is 6.27. The smallest absolute Gasteiger partial charge is 0.223 e. The van der Waals surface area contributed by atoms with Crippen LogP contribution in [-0.4, -0.2) is 16.7 Å². The molecular weight excluding hydrogens is 336 g/mol. The third kappa shape index (κ3) is 6.55. The van der Waals surface area contributed by atoms with Crippen LogP contribution in [0.15, 0.2) is 54.6 Å². The number of nitrogens with one attached hydrogen (secondary N) is 1. The van der Waals surface area contributed by atoms with E-state index in [9.17, 15) is 9.59 Å². The van der Waals surface area contributed by atoms with E-state index in [1.165, 1.54) is 6.92 Å². The molecule has 2 amide bonds. The van der Waals surface area contributed by atoms with Crippen LogP contribution in [0.25, 0.3) is 0 Å². The van der Waals surface area contributed by atoms with E-state index in [0.717, 1.165) is 36.1 Å². The highest BCUT2D eigenvalue weighted by molar-refractivity contribution is 5.88. The zero-order chi connectivity index (χ0) is 19.6. The summed E-state index contributed by atoms with van der Waals surface area (Å²) in [7, 11) is 0. The molecule has 1 N–H and O–H groups in total. The normalized spacial score (nSPS) is 11.7. The first-order chi connectivity index (χ1) is 13.0. The van der Waals surface area contributed by atoms with Gasteiger partial charge in [-0.25, -0.2) is 0 Å². The topological polar surface area (TPSA) is 49.4 Å². The van der Waals surface area contributed by atoms with E-state index >= 15 is 0 Å². The van der Waals surface area contributed by atoms with Crippen molar-refractivity contribution < 1.29 is 9.59 Å². The van der Waals surface area contributed by atoms with Crippen LogP contribution < -0.4 is 5.32 Å². The summed E-state index contributed by atoms with van der Waals surface area (Å²) in [5.41, 5.74) is 2.89. The molecule has 2 rings (SSSR count). The van der Waals surface area contributed by atoms with Gasteiger partial charge in [0.1, 0.15) is 0 Å². The van der Waals surface area contributed by atoms with Gasteiger partial charge in [0, 0.05) is 25.6 Å². The van der Waals surface area contributed by atoms with Crippen LogP contribution in [0.4, 0.5) is 5.69 Å². The Bertz CT molecular complexity index is 743. The van der Waals surface area contributed by atoms with Crippen molar-refractivity contribution in [2.24, 2.45) is 0 Å². The number of benzene rings is 2. The predicted octanol–water partition coefficient (Wildman–Crippen LogP) is 5.32. The number of unbranched alkanes of at least 4 members (excludes halogenated alkanes) is 2. The second-order valence-electron chi connectivity index (χ2n) is 6.95. The van der Waals surface area contributed by atoms with Crippen molar-refractivity contribution in [2.75, 3.05) is 5.32 Å². The number of hydrogen-bond donors (Lipinski definition) is 1. The highest BCUT2D eigenvalue weighted by atomic mass is 16.2. The van der Waals surface area contributed by atoms with Crippen LogP contribution in [0.5, 0.6) is 0 Å². The molecule has 0 spiro atoms. The Kier molecular flexibility index (Phi) is 8.05. The summed E-state index contributed by atoms with van der Waals surface area (Å²) in [4.78, 5) is 26.2. The molecular formula is C23H30N2O2. The third-order valence-electron chi connectivity index (χ3n) is 4.67. The van der Waals surface area contributed by atoms with E-state index in [0.29, 0.717) is 13.0 Å². The van der Waals surface area contributed by atoms with Crippen molar-refractivity contribution in [3.8, 4) is 0 Å². The van der Waals surface area contributed by atoms with Gasteiger partial charge in [0.15, 0.2) is 0 Å². The van der Waals surface area contributed by atoms with E-state index in [1.807, 2.05) is 66.4 Å². The minimum Gasteiger partial charge on any atom is -0.332 e. The maximum absolute atomic E-state index is 13.0. The van der Waals surface area contributed by atoms with Crippen molar-refractivity contribution in [2.45, 2.75) is 59.0 Å². The molecule has 0 radical (unpaired) electrons. The average molecular weight is 367 g/mol. The summed E-state index contributed by atoms with van der Waals surface area (Å²) in [5, 5.41) is 2.82. The van der Waals surface area contributed by atoms with Gasteiger partial charge >= 0.3 is 0 Å². The summed E-state index contributed by atoms with van der Waals surface area (Å²) >= 11 is 0. The molecule has 0 bridgehead atoms. The van der Waals surface area contributed by atoms with E-state index in [2.05, 4.69) is 12.2 Å². The molecule has 0 fully saturated rings. The number of rotatable bonds is 9. The lowest BCUT2D eigenvalue weighted by molar-refractivity contribution is -0.134. The fourth-order valence-electron chi connectivity index (χ4n) is 3.15. The molecule has 0 heterocycles. The van der Waals surface area contributed by atoms with Gasteiger partial charge in [-0.1, -0.05) is 62.2 Å². The largest absolute Gasteiger partial charge is 0.332 e. The Hall–Kier alpha value is -2.62. The number of amides is 2. The van der Waals surface area contributed by atoms with Gasteiger partial charge in [0.25, 0.3) is 0 Å². The molecule has 4 heteroatoms. The van der Waals surface area contributed by atoms with Gasteiger partial charge in [-0.2, -0.15) is 0 Å². The van der Waals surface area contributed by atoms with Crippen molar-refractivity contribution in [3.05, 3.63) is 65.7 Å². The van der Waals surface area contributed by atoms with E-state index in [-0.39, 0.29) is 17.9 Å². The molecule has 0 saturated carbocycles. The van der Waals surface area contributed by atoms with Crippen LogP contribution >= 0.6 is 0 Å². The van der Waals surface area contributed by atoms with Gasteiger partial charge in [0.05, 0.1) is 6.04 Å². The zero-order valence-corrected chi connectivity index (χ0v) is 16.6. The molecule has 0 saturated heterocycles. The van der Waals surface area contributed by atoms with Crippen LogP contribution in [-0.2, 0) is 16.1 Å². The zero-order valence-electron chi connectivity index (χ0n) is 16.6. The summed E-state index contributed by atoms with van der Waals surface area (Å²) in [6.07, 6.45) is 3.65. The summed E-state index contributed by atoms with van der Waals surface area (Å²) in [6, 6.07) is 17.7. The van der Waals surface area contributed by atoms with Gasteiger partial charge in [0.2, 0.25) is 11.8 Å². The van der Waals surface area contributed by atoms with Gasteiger partial charge in [-0.15, -0.1) is 0 Å². The van der Waals surface area contributed by atoms with E-state index in [1.54, 1.807) is 0 Å². The Morgan fingerprint density at radius 2 is 1.78 bits per heavy atom. The maximum atomic E-state index is 13.0. The van der Waals surface area contributed by atoms with Gasteiger partial charge in [-0.3, -0.25) is 9.59 Å². The first-order valence-corrected chi connectivity index (χ1v) is 9.72. The minimum absolute atomic E-state index is 0.0759. The minimum atomic E-state index is -0.100. The fourth-order valence-corrected chi connectivity index (χ4v) is 3.15. The van der Waals surface area contributed by atoms with Gasteiger partial charge in [-0.05, 0) is 36.6 Å². The van der Waals surface area contributed by atoms with E-state index in [4.69, 9.17) is 0 Å². The molecule has 0 aromatic heterocycles. The second kappa shape index (κ2) is 10.5. The lowest BCUT2D eigenvalue weighted by atomic mass is 10.0. The molecule has 144 valence electrons. The number of carbonyl (C=O) groups excluding carboxylic acids is 2. The molecule has 4 nitrogen and oxygen atoms in total. The lowest BCUT2D eigenvalue weighted by Crippen LogP contribution is -2.33. The molecule has 1 unspecified atom stereocenters. The van der Waals surface area contributed by atoms with Gasteiger partial charge < -0.3 is 10.2 Å². The first-order valence-electron chi connectivity index (χ1n) is 9.72. The van der Waals surface area contributed by atoms with Crippen molar-refractivity contribution in [1.82, 2.24) is 4.90 Å². The molecule has 1 atom stereocenters. The van der Waals surface area contributed by atoms with Crippen LogP contribution in [0, 0.1) is 0 Å². The molecule has 0 aliphatic carbocycles. The van der Waals surface area contributed by atoms with Crippen molar-refractivity contribution >= 4 is 17.5 Å². The SMILES string of the molecule is CCCCCC(=O)N(Cc1ccccc1)C(C)c1cccc(NC(C)=O)c1. The maximum Gasteiger partial charge on any atom is 0.223 e. The van der Waals surface area contributed by atoms with Crippen molar-refractivity contribution in [1.29, 1.82) is 0 Å². The average Bonchev–Trinajstić information content (AvgIpc) is 2.66. The summed E-state index contributed by atoms with van der Waals surface area (Å²) in [5.74, 6) is 0.0707. The molecule has 0 aliphatic rings. The second-order valence-corrected chi connectivity index (χ2v) is 6.95. The molecule has 27 heavy (non-hydrogen) atoms. The number of nitrogens with zero attached hydrogens (tertiary/aromatic N) is 1. The number of anilines is 1. The summed E-state index contributed by atoms with van der Waals surface area (Å²) < 4.78 is 0. The Labute approximate surface area is 162 Å².